The van der Waals surface area contributed by atoms with Gasteiger partial charge in [-0.25, -0.2) is 13.4 Å². The third-order valence-corrected chi connectivity index (χ3v) is 6.22. The van der Waals surface area contributed by atoms with E-state index in [2.05, 4.69) is 31.9 Å². The minimum Gasteiger partial charge on any atom is -0.354 e. The van der Waals surface area contributed by atoms with Gasteiger partial charge in [0.15, 0.2) is 0 Å². The van der Waals surface area contributed by atoms with Gasteiger partial charge < -0.3 is 15.1 Å². The lowest BCUT2D eigenvalue weighted by Crippen LogP contribution is -2.44. The number of nitrogens with zero attached hydrogens (tertiary/aromatic N) is 3. The molecule has 1 amide bonds. The van der Waals surface area contributed by atoms with Crippen LogP contribution in [-0.2, 0) is 21.2 Å². The van der Waals surface area contributed by atoms with E-state index in [0.29, 0.717) is 16.9 Å². The third-order valence-electron chi connectivity index (χ3n) is 4.84. The number of hydrogen-bond acceptors (Lipinski definition) is 6. The Morgan fingerprint density at radius 2 is 1.89 bits per heavy atom. The summed E-state index contributed by atoms with van der Waals surface area (Å²) in [5.41, 5.74) is 1.76. The van der Waals surface area contributed by atoms with E-state index >= 15 is 0 Å². The monoisotopic (exact) mass is 387 g/mol. The molecule has 142 valence electrons. The summed E-state index contributed by atoms with van der Waals surface area (Å²) in [6.45, 7) is 3.75. The van der Waals surface area contributed by atoms with E-state index in [1.807, 2.05) is 6.07 Å². The number of likely N-dealkylation sites (N-methyl/N-ethyl adjacent to an activating group) is 1. The summed E-state index contributed by atoms with van der Waals surface area (Å²) >= 11 is 0. The van der Waals surface area contributed by atoms with Gasteiger partial charge in [0, 0.05) is 31.9 Å². The van der Waals surface area contributed by atoms with E-state index in [0.717, 1.165) is 32.0 Å². The molecule has 0 atom stereocenters. The lowest BCUT2D eigenvalue weighted by Gasteiger charge is -2.33. The maximum Gasteiger partial charge on any atom is 0.261 e. The predicted octanol–water partition coefficient (Wildman–Crippen LogP) is 1.13. The fourth-order valence-corrected chi connectivity index (χ4v) is 4.35. The van der Waals surface area contributed by atoms with Crippen molar-refractivity contribution < 1.29 is 13.2 Å². The molecule has 1 aromatic heterocycles. The molecule has 0 bridgehead atoms. The molecule has 3 heterocycles. The molecule has 27 heavy (non-hydrogen) atoms. The highest BCUT2D eigenvalue weighted by atomic mass is 32.2. The zero-order valence-corrected chi connectivity index (χ0v) is 15.8. The van der Waals surface area contributed by atoms with E-state index in [1.165, 1.54) is 18.3 Å². The molecule has 2 N–H and O–H groups in total. The van der Waals surface area contributed by atoms with E-state index in [-0.39, 0.29) is 17.2 Å². The molecular formula is C18H21N5O3S. The fourth-order valence-electron chi connectivity index (χ4n) is 3.26. The molecule has 4 rings (SSSR count). The number of hydrogen-bond donors (Lipinski definition) is 2. The van der Waals surface area contributed by atoms with Crippen molar-refractivity contribution in [2.75, 3.05) is 48.2 Å². The Labute approximate surface area is 158 Å². The van der Waals surface area contributed by atoms with Crippen LogP contribution in [0.4, 0.5) is 17.2 Å². The number of piperazine rings is 1. The number of amides is 1. The first-order chi connectivity index (χ1) is 12.9. The maximum absolute atomic E-state index is 12.6. The second kappa shape index (κ2) is 6.82. The molecule has 8 nitrogen and oxygen atoms in total. The van der Waals surface area contributed by atoms with Crippen molar-refractivity contribution in [1.29, 1.82) is 0 Å². The van der Waals surface area contributed by atoms with Gasteiger partial charge in [0.2, 0.25) is 5.91 Å². The van der Waals surface area contributed by atoms with Crippen molar-refractivity contribution in [2.24, 2.45) is 0 Å². The number of anilines is 3. The van der Waals surface area contributed by atoms with Crippen LogP contribution in [0.3, 0.4) is 0 Å². The van der Waals surface area contributed by atoms with E-state index < -0.39 is 10.0 Å². The van der Waals surface area contributed by atoms with Crippen LogP contribution in [0.5, 0.6) is 0 Å². The normalized spacial score (nSPS) is 17.5. The lowest BCUT2D eigenvalue weighted by atomic mass is 10.2. The number of aromatic nitrogens is 1. The van der Waals surface area contributed by atoms with Gasteiger partial charge in [-0.3, -0.25) is 9.52 Å². The quantitative estimate of drug-likeness (QED) is 0.817. The fraction of sp³-hybridized carbons (Fsp3) is 0.333. The summed E-state index contributed by atoms with van der Waals surface area (Å²) in [6.07, 6.45) is 1.73. The van der Waals surface area contributed by atoms with Crippen LogP contribution < -0.4 is 14.9 Å². The molecule has 2 aliphatic heterocycles. The zero-order chi connectivity index (χ0) is 19.0. The Bertz CT molecular complexity index is 967. The molecule has 0 radical (unpaired) electrons. The van der Waals surface area contributed by atoms with Gasteiger partial charge in [0.05, 0.1) is 23.2 Å². The minimum atomic E-state index is -3.75. The Morgan fingerprint density at radius 1 is 1.11 bits per heavy atom. The number of carbonyl (C=O) groups excluding carboxylic acids is 1. The number of fused-ring (bicyclic) bond motifs is 1. The second-order valence-corrected chi connectivity index (χ2v) is 8.53. The van der Waals surface area contributed by atoms with Crippen LogP contribution in [-0.4, -0.2) is 57.4 Å². The van der Waals surface area contributed by atoms with Crippen molar-refractivity contribution in [3.8, 4) is 0 Å². The highest BCUT2D eigenvalue weighted by molar-refractivity contribution is 7.92. The van der Waals surface area contributed by atoms with Gasteiger partial charge in [0.25, 0.3) is 10.0 Å². The van der Waals surface area contributed by atoms with Gasteiger partial charge in [-0.1, -0.05) is 0 Å². The van der Waals surface area contributed by atoms with E-state index in [9.17, 15) is 13.2 Å². The van der Waals surface area contributed by atoms with Gasteiger partial charge >= 0.3 is 0 Å². The first-order valence-electron chi connectivity index (χ1n) is 8.76. The molecule has 2 aliphatic rings. The van der Waals surface area contributed by atoms with Crippen LogP contribution >= 0.6 is 0 Å². The smallest absolute Gasteiger partial charge is 0.261 e. The number of rotatable bonds is 4. The predicted molar refractivity (Wildman–Crippen MR) is 104 cm³/mol. The Morgan fingerprint density at radius 3 is 2.59 bits per heavy atom. The van der Waals surface area contributed by atoms with Crippen LogP contribution in [0.1, 0.15) is 5.56 Å². The van der Waals surface area contributed by atoms with Crippen molar-refractivity contribution in [3.63, 3.8) is 0 Å². The largest absolute Gasteiger partial charge is 0.354 e. The topological polar surface area (TPSA) is 94.6 Å². The van der Waals surface area contributed by atoms with Crippen LogP contribution in [0.2, 0.25) is 0 Å². The molecule has 9 heteroatoms. The maximum atomic E-state index is 12.6. The summed E-state index contributed by atoms with van der Waals surface area (Å²) in [6, 6.07) is 8.18. The number of pyridine rings is 1. The SMILES string of the molecule is CN1CCN(c2ccc(NS(=O)(=O)c3ccc4c(c3)CC(=O)N4)cn2)CC1. The molecule has 1 saturated heterocycles. The molecule has 1 fully saturated rings. The summed E-state index contributed by atoms with van der Waals surface area (Å²) in [5.74, 6) is 0.712. The summed E-state index contributed by atoms with van der Waals surface area (Å²) in [5, 5.41) is 2.69. The number of carbonyl (C=O) groups is 1. The first kappa shape index (κ1) is 17.7. The van der Waals surface area contributed by atoms with Gasteiger partial charge in [0.1, 0.15) is 5.82 Å². The summed E-state index contributed by atoms with van der Waals surface area (Å²) in [7, 11) is -1.66. The van der Waals surface area contributed by atoms with Crippen LogP contribution in [0, 0.1) is 0 Å². The van der Waals surface area contributed by atoms with Gasteiger partial charge in [-0.05, 0) is 42.9 Å². The van der Waals surface area contributed by atoms with E-state index in [1.54, 1.807) is 12.1 Å². The molecule has 1 aromatic carbocycles. The van der Waals surface area contributed by atoms with Gasteiger partial charge in [-0.2, -0.15) is 0 Å². The number of benzene rings is 1. The van der Waals surface area contributed by atoms with Crippen LogP contribution in [0.15, 0.2) is 41.4 Å². The lowest BCUT2D eigenvalue weighted by molar-refractivity contribution is -0.115. The van der Waals surface area contributed by atoms with Crippen molar-refractivity contribution >= 4 is 33.1 Å². The van der Waals surface area contributed by atoms with Crippen LogP contribution in [0.25, 0.3) is 0 Å². The minimum absolute atomic E-state index is 0.126. The molecular weight excluding hydrogens is 366 g/mol. The van der Waals surface area contributed by atoms with Crippen molar-refractivity contribution in [1.82, 2.24) is 9.88 Å². The highest BCUT2D eigenvalue weighted by Crippen LogP contribution is 2.27. The molecule has 0 unspecified atom stereocenters. The summed E-state index contributed by atoms with van der Waals surface area (Å²) < 4.78 is 27.8. The average Bonchev–Trinajstić information content (AvgIpc) is 3.02. The molecule has 0 spiro atoms. The third kappa shape index (κ3) is 3.74. The Hall–Kier alpha value is -2.65. The van der Waals surface area contributed by atoms with Crippen molar-refractivity contribution in [3.05, 3.63) is 42.1 Å². The molecule has 0 aliphatic carbocycles. The van der Waals surface area contributed by atoms with E-state index in [4.69, 9.17) is 0 Å². The number of sulfonamides is 1. The standard InChI is InChI=1S/C18H21N5O3S/c1-22-6-8-23(9-7-22)17-5-2-14(12-19-17)21-27(25,26)15-3-4-16-13(10-15)11-18(24)20-16/h2-5,10,12,21H,6-9,11H2,1H3,(H,20,24). The second-order valence-electron chi connectivity index (χ2n) is 6.84. The Balaban J connectivity index is 1.48. The zero-order valence-electron chi connectivity index (χ0n) is 15.0. The number of nitrogens with one attached hydrogen (secondary N) is 2. The molecule has 2 aromatic rings. The first-order valence-corrected chi connectivity index (χ1v) is 10.2. The van der Waals surface area contributed by atoms with Crippen molar-refractivity contribution in [2.45, 2.75) is 11.3 Å². The highest BCUT2D eigenvalue weighted by Gasteiger charge is 2.22. The van der Waals surface area contributed by atoms with Gasteiger partial charge in [-0.15, -0.1) is 0 Å². The summed E-state index contributed by atoms with van der Waals surface area (Å²) in [4.78, 5) is 20.4. The Kier molecular flexibility index (Phi) is 4.48. The average molecular weight is 387 g/mol. The molecule has 0 saturated carbocycles.